The van der Waals surface area contributed by atoms with Crippen LogP contribution >= 0.6 is 0 Å². The minimum atomic E-state index is -0.0775. The fraction of sp³-hybridized carbons (Fsp3) is 0.700. The highest BCUT2D eigenvalue weighted by Gasteiger charge is 2.63. The third-order valence-electron chi connectivity index (χ3n) is 7.97. The minimum Gasteiger partial charge on any atom is -0.504 e. The highest BCUT2D eigenvalue weighted by atomic mass is 16.5. The molecule has 2 heterocycles. The molecule has 2 aliphatic heterocycles. The van der Waals surface area contributed by atoms with Gasteiger partial charge in [-0.05, 0) is 86.0 Å². The van der Waals surface area contributed by atoms with E-state index in [2.05, 4.69) is 19.9 Å². The van der Waals surface area contributed by atoms with Gasteiger partial charge in [-0.3, -0.25) is 0 Å². The Morgan fingerprint density at radius 3 is 2.91 bits per heavy atom. The minimum absolute atomic E-state index is 0.0775. The molecule has 5 aliphatic rings. The highest BCUT2D eigenvalue weighted by Crippen LogP contribution is 2.67. The summed E-state index contributed by atoms with van der Waals surface area (Å²) in [5, 5.41) is 10.5. The first-order valence-electron chi connectivity index (χ1n) is 9.13. The molecule has 2 nitrogen and oxygen atoms in total. The average molecular weight is 298 g/mol. The molecule has 0 amide bonds. The Balaban J connectivity index is 1.81. The summed E-state index contributed by atoms with van der Waals surface area (Å²) in [6, 6.07) is 4.20. The van der Waals surface area contributed by atoms with Gasteiger partial charge in [0.2, 0.25) is 0 Å². The van der Waals surface area contributed by atoms with Gasteiger partial charge in [-0.2, -0.15) is 0 Å². The lowest BCUT2D eigenvalue weighted by Crippen LogP contribution is -2.52. The van der Waals surface area contributed by atoms with Gasteiger partial charge in [0.25, 0.3) is 0 Å². The van der Waals surface area contributed by atoms with Crippen LogP contribution in [0.25, 0.3) is 0 Å². The third kappa shape index (κ3) is 1.34. The van der Waals surface area contributed by atoms with Crippen molar-refractivity contribution < 1.29 is 9.84 Å². The van der Waals surface area contributed by atoms with Crippen LogP contribution in [0, 0.1) is 17.3 Å². The first-order valence-corrected chi connectivity index (χ1v) is 9.13. The Hall–Kier alpha value is -1.18. The topological polar surface area (TPSA) is 29.5 Å². The smallest absolute Gasteiger partial charge is 0.162 e. The van der Waals surface area contributed by atoms with Gasteiger partial charge in [-0.25, -0.2) is 0 Å². The van der Waals surface area contributed by atoms with Gasteiger partial charge in [0.1, 0.15) is 5.60 Å². The number of fused-ring (bicyclic) bond motifs is 1. The van der Waals surface area contributed by atoms with Crippen LogP contribution in [-0.4, -0.2) is 10.7 Å². The maximum Gasteiger partial charge on any atom is 0.162 e. The number of aromatic hydroxyl groups is 1. The van der Waals surface area contributed by atoms with Crippen molar-refractivity contribution in [3.8, 4) is 11.5 Å². The summed E-state index contributed by atoms with van der Waals surface area (Å²) >= 11 is 0. The van der Waals surface area contributed by atoms with Crippen LogP contribution in [0.1, 0.15) is 69.4 Å². The average Bonchev–Trinajstić information content (AvgIpc) is 2.82. The Bertz CT molecular complexity index is 651. The van der Waals surface area contributed by atoms with Crippen molar-refractivity contribution in [2.75, 3.05) is 0 Å². The molecule has 2 heteroatoms. The maximum atomic E-state index is 10.5. The van der Waals surface area contributed by atoms with Crippen molar-refractivity contribution in [1.82, 2.24) is 0 Å². The summed E-state index contributed by atoms with van der Waals surface area (Å²) in [5.74, 6) is 3.45. The van der Waals surface area contributed by atoms with E-state index in [1.54, 1.807) is 0 Å². The van der Waals surface area contributed by atoms with E-state index in [-0.39, 0.29) is 11.0 Å². The van der Waals surface area contributed by atoms with Crippen LogP contribution in [0.5, 0.6) is 11.5 Å². The number of phenolic OH excluding ortho intramolecular Hbond substituents is 1. The lowest BCUT2D eigenvalue weighted by atomic mass is 9.53. The SMILES string of the molecule is CC[C@@]12CC[C@H]3[C@@H]4CCc5cc(O)c(cc5C4CC[C@@]31C)O2. The van der Waals surface area contributed by atoms with Gasteiger partial charge >= 0.3 is 0 Å². The molecular weight excluding hydrogens is 272 g/mol. The van der Waals surface area contributed by atoms with Gasteiger partial charge in [-0.1, -0.05) is 13.8 Å². The van der Waals surface area contributed by atoms with Crippen LogP contribution in [0.2, 0.25) is 0 Å². The van der Waals surface area contributed by atoms with Crippen LogP contribution in [0.4, 0.5) is 0 Å². The Morgan fingerprint density at radius 2 is 2.09 bits per heavy atom. The van der Waals surface area contributed by atoms with Crippen LogP contribution < -0.4 is 4.74 Å². The Morgan fingerprint density at radius 1 is 1.23 bits per heavy atom. The van der Waals surface area contributed by atoms with Gasteiger partial charge < -0.3 is 9.84 Å². The molecule has 2 saturated carbocycles. The lowest BCUT2D eigenvalue weighted by Gasteiger charge is -2.53. The van der Waals surface area contributed by atoms with Crippen molar-refractivity contribution in [1.29, 1.82) is 0 Å². The van der Waals surface area contributed by atoms with Gasteiger partial charge in [0.15, 0.2) is 11.5 Å². The number of benzene rings is 1. The van der Waals surface area contributed by atoms with Gasteiger partial charge in [0, 0.05) is 5.41 Å². The summed E-state index contributed by atoms with van der Waals surface area (Å²) in [4.78, 5) is 0. The van der Waals surface area contributed by atoms with E-state index in [4.69, 9.17) is 4.74 Å². The zero-order valence-electron chi connectivity index (χ0n) is 13.7. The molecule has 118 valence electrons. The fourth-order valence-corrected chi connectivity index (χ4v) is 6.79. The molecule has 5 atom stereocenters. The van der Waals surface area contributed by atoms with Gasteiger partial charge in [0.05, 0.1) is 0 Å². The molecule has 22 heavy (non-hydrogen) atoms. The Labute approximate surface area is 132 Å². The summed E-state index contributed by atoms with van der Waals surface area (Å²) in [7, 11) is 0. The van der Waals surface area contributed by atoms with E-state index in [1.807, 2.05) is 6.07 Å². The number of hydrogen-bond acceptors (Lipinski definition) is 2. The molecule has 0 radical (unpaired) electrons. The molecule has 1 unspecified atom stereocenters. The van der Waals surface area contributed by atoms with E-state index in [1.165, 1.54) is 36.8 Å². The second kappa shape index (κ2) is 4.01. The van der Waals surface area contributed by atoms with E-state index in [0.717, 1.165) is 36.8 Å². The van der Waals surface area contributed by atoms with E-state index < -0.39 is 0 Å². The number of hydrogen-bond donors (Lipinski definition) is 1. The Kier molecular flexibility index (Phi) is 2.42. The third-order valence-corrected chi connectivity index (χ3v) is 7.97. The summed E-state index contributed by atoms with van der Waals surface area (Å²) in [6.45, 7) is 4.77. The molecular formula is C20H26O2. The fourth-order valence-electron chi connectivity index (χ4n) is 6.79. The second-order valence-corrected chi connectivity index (χ2v) is 8.38. The van der Waals surface area contributed by atoms with Crippen molar-refractivity contribution in [2.24, 2.45) is 17.3 Å². The van der Waals surface area contributed by atoms with Crippen LogP contribution in [0.3, 0.4) is 0 Å². The van der Waals surface area contributed by atoms with Crippen molar-refractivity contribution >= 4 is 0 Å². The number of ether oxygens (including phenoxy) is 1. The number of phenols is 1. The molecule has 1 N–H and O–H groups in total. The van der Waals surface area contributed by atoms with E-state index >= 15 is 0 Å². The van der Waals surface area contributed by atoms with Crippen LogP contribution in [0.15, 0.2) is 12.1 Å². The molecule has 0 spiro atoms. The summed E-state index contributed by atoms with van der Waals surface area (Å²) in [5.41, 5.74) is 3.06. The largest absolute Gasteiger partial charge is 0.504 e. The van der Waals surface area contributed by atoms with Crippen molar-refractivity contribution in [3.63, 3.8) is 0 Å². The number of rotatable bonds is 1. The predicted molar refractivity (Wildman–Crippen MR) is 86.4 cm³/mol. The van der Waals surface area contributed by atoms with E-state index in [9.17, 15) is 5.11 Å². The molecule has 1 aromatic carbocycles. The molecule has 3 aliphatic carbocycles. The number of aryl methyl sites for hydroxylation is 1. The molecule has 0 aromatic heterocycles. The van der Waals surface area contributed by atoms with E-state index in [0.29, 0.717) is 11.7 Å². The maximum absolute atomic E-state index is 10.5. The monoisotopic (exact) mass is 298 g/mol. The van der Waals surface area contributed by atoms with Crippen molar-refractivity contribution in [2.45, 2.75) is 70.3 Å². The molecule has 0 saturated heterocycles. The zero-order chi connectivity index (χ0) is 15.1. The highest BCUT2D eigenvalue weighted by molar-refractivity contribution is 5.50. The zero-order valence-corrected chi connectivity index (χ0v) is 13.7. The summed E-state index contributed by atoms with van der Waals surface area (Å²) < 4.78 is 6.65. The van der Waals surface area contributed by atoms with Crippen LogP contribution in [-0.2, 0) is 6.42 Å². The lowest BCUT2D eigenvalue weighted by molar-refractivity contribution is -0.0846. The normalized spacial score (nSPS) is 44.4. The molecule has 1 aromatic rings. The quantitative estimate of drug-likeness (QED) is 0.807. The van der Waals surface area contributed by atoms with Gasteiger partial charge in [-0.15, -0.1) is 0 Å². The second-order valence-electron chi connectivity index (χ2n) is 8.38. The first kappa shape index (κ1) is 13.3. The summed E-state index contributed by atoms with van der Waals surface area (Å²) in [6.07, 6.45) is 8.54. The standard InChI is InChI=1S/C20H26O2/c1-3-20-9-7-16-14-5-4-12-10-17(21)18(22-20)11-15(12)13(14)6-8-19(16,20)2/h10-11,13-14,16,21H,3-9H2,1-2H3/t13?,14-,16+,19+,20-/m1/s1. The first-order chi connectivity index (χ1) is 10.6. The molecule has 6 rings (SSSR count). The van der Waals surface area contributed by atoms with Crippen molar-refractivity contribution in [3.05, 3.63) is 23.3 Å². The predicted octanol–water partition coefficient (Wildman–Crippen LogP) is 4.79. The molecule has 2 fully saturated rings. The molecule has 7 bridgehead atoms.